The first kappa shape index (κ1) is 17.3. The Morgan fingerprint density at radius 1 is 1.27 bits per heavy atom. The zero-order chi connectivity index (χ0) is 16.1. The van der Waals surface area contributed by atoms with Gasteiger partial charge in [0.15, 0.2) is 0 Å². The van der Waals surface area contributed by atoms with Crippen LogP contribution in [0.2, 0.25) is 0 Å². The Morgan fingerprint density at radius 2 is 2.00 bits per heavy atom. The van der Waals surface area contributed by atoms with Crippen molar-refractivity contribution in [1.82, 2.24) is 20.3 Å². The summed E-state index contributed by atoms with van der Waals surface area (Å²) in [6.07, 6.45) is 2.82. The van der Waals surface area contributed by atoms with Crippen molar-refractivity contribution in [2.75, 3.05) is 6.61 Å². The van der Waals surface area contributed by atoms with Crippen molar-refractivity contribution < 1.29 is 20.4 Å². The molecule has 1 saturated heterocycles. The Bertz CT molecular complexity index is 456. The molecule has 1 fully saturated rings. The van der Waals surface area contributed by atoms with Crippen LogP contribution in [-0.4, -0.2) is 66.3 Å². The average Bonchev–Trinajstić information content (AvgIpc) is 3.08. The van der Waals surface area contributed by atoms with Crippen molar-refractivity contribution in [2.45, 2.75) is 69.5 Å². The van der Waals surface area contributed by atoms with Gasteiger partial charge in [0, 0.05) is 0 Å². The molecule has 22 heavy (non-hydrogen) atoms. The fourth-order valence-electron chi connectivity index (χ4n) is 2.76. The summed E-state index contributed by atoms with van der Waals surface area (Å²) >= 11 is 0. The number of aliphatic hydroxyl groups excluding tert-OH is 4. The standard InChI is InChI=1S/C14H26N4O4/c1-2-3-4-5-12(20)9-6-18(17-16-9)7-10-13(21)14(22)11(8-19)15-10/h6,10-15,19-22H,2-5,7-8H2,1H3/t10-,11-,12-,13-,14-/m1/s1. The van der Waals surface area contributed by atoms with Gasteiger partial charge in [-0.1, -0.05) is 31.4 Å². The van der Waals surface area contributed by atoms with E-state index < -0.39 is 30.4 Å². The highest BCUT2D eigenvalue weighted by molar-refractivity contribution is 5.00. The SMILES string of the molecule is CCCCC[C@@H](O)c1cn(C[C@H]2N[C@H](CO)[C@@H](O)[C@@H]2O)nn1. The highest BCUT2D eigenvalue weighted by Crippen LogP contribution is 2.19. The van der Waals surface area contributed by atoms with E-state index in [0.29, 0.717) is 18.7 Å². The maximum absolute atomic E-state index is 10.0. The third-order valence-electron chi connectivity index (χ3n) is 4.16. The summed E-state index contributed by atoms with van der Waals surface area (Å²) in [5.74, 6) is 0. The number of hydrogen-bond donors (Lipinski definition) is 5. The van der Waals surface area contributed by atoms with Crippen LogP contribution >= 0.6 is 0 Å². The van der Waals surface area contributed by atoms with Gasteiger partial charge in [-0.15, -0.1) is 5.10 Å². The molecule has 8 heteroatoms. The number of hydrogen-bond acceptors (Lipinski definition) is 7. The monoisotopic (exact) mass is 314 g/mol. The molecule has 0 unspecified atom stereocenters. The minimum atomic E-state index is -1.00. The molecule has 1 aromatic heterocycles. The van der Waals surface area contributed by atoms with Gasteiger partial charge in [0.1, 0.15) is 5.69 Å². The lowest BCUT2D eigenvalue weighted by Crippen LogP contribution is -2.38. The van der Waals surface area contributed by atoms with Crippen LogP contribution in [0, 0.1) is 0 Å². The number of unbranched alkanes of at least 4 members (excludes halogenated alkanes) is 2. The summed E-state index contributed by atoms with van der Waals surface area (Å²) in [6, 6.07) is -0.957. The Morgan fingerprint density at radius 3 is 2.64 bits per heavy atom. The van der Waals surface area contributed by atoms with Crippen LogP contribution in [-0.2, 0) is 6.54 Å². The van der Waals surface area contributed by atoms with E-state index in [1.165, 1.54) is 4.68 Å². The highest BCUT2D eigenvalue weighted by Gasteiger charge is 2.40. The lowest BCUT2D eigenvalue weighted by Gasteiger charge is -2.15. The number of nitrogens with zero attached hydrogens (tertiary/aromatic N) is 3. The van der Waals surface area contributed by atoms with E-state index in [0.717, 1.165) is 19.3 Å². The quantitative estimate of drug-likeness (QED) is 0.388. The van der Waals surface area contributed by atoms with Gasteiger partial charge >= 0.3 is 0 Å². The smallest absolute Gasteiger partial charge is 0.111 e. The molecule has 2 heterocycles. The van der Waals surface area contributed by atoms with Crippen LogP contribution in [0.4, 0.5) is 0 Å². The summed E-state index contributed by atoms with van der Waals surface area (Å²) in [5.41, 5.74) is 0.517. The predicted molar refractivity (Wildman–Crippen MR) is 78.9 cm³/mol. The van der Waals surface area contributed by atoms with E-state index >= 15 is 0 Å². The minimum Gasteiger partial charge on any atom is -0.395 e. The van der Waals surface area contributed by atoms with Gasteiger partial charge in [-0.3, -0.25) is 4.68 Å². The van der Waals surface area contributed by atoms with Gasteiger partial charge < -0.3 is 25.7 Å². The molecule has 0 amide bonds. The lowest BCUT2D eigenvalue weighted by atomic mass is 10.1. The van der Waals surface area contributed by atoms with Gasteiger partial charge in [-0.05, 0) is 6.42 Å². The minimum absolute atomic E-state index is 0.243. The highest BCUT2D eigenvalue weighted by atomic mass is 16.3. The predicted octanol–water partition coefficient (Wildman–Crippen LogP) is -1.05. The molecule has 126 valence electrons. The van der Waals surface area contributed by atoms with Crippen LogP contribution in [0.3, 0.4) is 0 Å². The molecule has 0 radical (unpaired) electrons. The molecule has 0 spiro atoms. The molecule has 0 aromatic carbocycles. The van der Waals surface area contributed by atoms with E-state index in [1.807, 2.05) is 0 Å². The lowest BCUT2D eigenvalue weighted by molar-refractivity contribution is 0.0175. The van der Waals surface area contributed by atoms with Crippen molar-refractivity contribution in [1.29, 1.82) is 0 Å². The molecule has 2 rings (SSSR count). The summed E-state index contributed by atoms with van der Waals surface area (Å²) in [5, 5.41) is 49.7. The summed E-state index contributed by atoms with van der Waals surface area (Å²) in [7, 11) is 0. The second-order valence-corrected chi connectivity index (χ2v) is 5.92. The van der Waals surface area contributed by atoms with Gasteiger partial charge in [0.05, 0.1) is 49.7 Å². The molecular weight excluding hydrogens is 288 g/mol. The first-order valence-corrected chi connectivity index (χ1v) is 7.88. The zero-order valence-electron chi connectivity index (χ0n) is 12.8. The molecule has 5 N–H and O–H groups in total. The molecular formula is C14H26N4O4. The normalized spacial score (nSPS) is 29.9. The van der Waals surface area contributed by atoms with Crippen molar-refractivity contribution in [2.24, 2.45) is 0 Å². The van der Waals surface area contributed by atoms with E-state index in [1.54, 1.807) is 6.20 Å². The van der Waals surface area contributed by atoms with Crippen LogP contribution < -0.4 is 5.32 Å². The number of nitrogens with one attached hydrogen (secondary N) is 1. The van der Waals surface area contributed by atoms with Crippen molar-refractivity contribution in [3.05, 3.63) is 11.9 Å². The van der Waals surface area contributed by atoms with Gasteiger partial charge in [0.2, 0.25) is 0 Å². The second kappa shape index (κ2) is 7.98. The third-order valence-corrected chi connectivity index (χ3v) is 4.16. The molecule has 5 atom stereocenters. The molecule has 8 nitrogen and oxygen atoms in total. The summed E-state index contributed by atoms with van der Waals surface area (Å²) < 4.78 is 1.53. The number of aliphatic hydroxyl groups is 4. The van der Waals surface area contributed by atoms with Crippen LogP contribution in [0.25, 0.3) is 0 Å². The molecule has 0 saturated carbocycles. The average molecular weight is 314 g/mol. The second-order valence-electron chi connectivity index (χ2n) is 5.92. The molecule has 1 aliphatic heterocycles. The van der Waals surface area contributed by atoms with E-state index in [2.05, 4.69) is 22.6 Å². The first-order valence-electron chi connectivity index (χ1n) is 7.88. The van der Waals surface area contributed by atoms with Crippen molar-refractivity contribution in [3.63, 3.8) is 0 Å². The topological polar surface area (TPSA) is 124 Å². The fourth-order valence-corrected chi connectivity index (χ4v) is 2.76. The molecule has 1 aromatic rings. The number of rotatable bonds is 8. The molecule has 1 aliphatic rings. The largest absolute Gasteiger partial charge is 0.395 e. The third kappa shape index (κ3) is 4.02. The van der Waals surface area contributed by atoms with Crippen LogP contribution in [0.1, 0.15) is 44.4 Å². The molecule has 0 aliphatic carbocycles. The Labute approximate surface area is 129 Å². The zero-order valence-corrected chi connectivity index (χ0v) is 12.8. The fraction of sp³-hybridized carbons (Fsp3) is 0.857. The van der Waals surface area contributed by atoms with Crippen LogP contribution in [0.15, 0.2) is 6.20 Å². The molecule has 0 bridgehead atoms. The first-order chi connectivity index (χ1) is 10.6. The maximum atomic E-state index is 10.0. The Kier molecular flexibility index (Phi) is 6.27. The summed E-state index contributed by atoms with van der Waals surface area (Å²) in [6.45, 7) is 2.17. The Hall–Kier alpha value is -1.06. The maximum Gasteiger partial charge on any atom is 0.111 e. The van der Waals surface area contributed by atoms with Gasteiger partial charge in [0.25, 0.3) is 0 Å². The summed E-state index contributed by atoms with van der Waals surface area (Å²) in [4.78, 5) is 0. The van der Waals surface area contributed by atoms with Crippen molar-refractivity contribution >= 4 is 0 Å². The van der Waals surface area contributed by atoms with E-state index in [4.69, 9.17) is 5.11 Å². The van der Waals surface area contributed by atoms with E-state index in [9.17, 15) is 15.3 Å². The van der Waals surface area contributed by atoms with E-state index in [-0.39, 0.29) is 6.61 Å². The number of aromatic nitrogens is 3. The van der Waals surface area contributed by atoms with Crippen molar-refractivity contribution in [3.8, 4) is 0 Å². The Balaban J connectivity index is 1.89. The van der Waals surface area contributed by atoms with Gasteiger partial charge in [-0.2, -0.15) is 0 Å². The van der Waals surface area contributed by atoms with Crippen LogP contribution in [0.5, 0.6) is 0 Å². The van der Waals surface area contributed by atoms with Gasteiger partial charge in [-0.25, -0.2) is 0 Å².